The summed E-state index contributed by atoms with van der Waals surface area (Å²) in [7, 11) is 0. The summed E-state index contributed by atoms with van der Waals surface area (Å²) in [6, 6.07) is 4.05. The summed E-state index contributed by atoms with van der Waals surface area (Å²) in [5.74, 6) is 0.957. The Hall–Kier alpha value is -0.930. The number of hydrogen-bond acceptors (Lipinski definition) is 3. The lowest BCUT2D eigenvalue weighted by Crippen LogP contribution is -2.20. The summed E-state index contributed by atoms with van der Waals surface area (Å²) in [6.45, 7) is 3.53. The highest BCUT2D eigenvalue weighted by molar-refractivity contribution is 5.07. The van der Waals surface area contributed by atoms with Crippen LogP contribution in [0.3, 0.4) is 0 Å². The first-order valence-corrected chi connectivity index (χ1v) is 6.62. The van der Waals surface area contributed by atoms with Gasteiger partial charge in [0.05, 0.1) is 6.61 Å². The van der Waals surface area contributed by atoms with Crippen LogP contribution in [0.15, 0.2) is 24.5 Å². The minimum atomic E-state index is 0.812. The van der Waals surface area contributed by atoms with E-state index in [9.17, 15) is 0 Å². The molecule has 0 spiro atoms. The van der Waals surface area contributed by atoms with Crippen molar-refractivity contribution in [3.05, 3.63) is 30.1 Å². The van der Waals surface area contributed by atoms with Crippen molar-refractivity contribution in [3.63, 3.8) is 0 Å². The molecule has 0 bridgehead atoms. The Balaban J connectivity index is 1.41. The molecule has 3 nitrogen and oxygen atoms in total. The summed E-state index contributed by atoms with van der Waals surface area (Å²) in [5.41, 5.74) is 1.22. The van der Waals surface area contributed by atoms with Gasteiger partial charge < -0.3 is 10.1 Å². The Bertz CT molecular complexity index is 298. The molecule has 1 aromatic rings. The van der Waals surface area contributed by atoms with E-state index in [-0.39, 0.29) is 0 Å². The smallest absolute Gasteiger partial charge is 0.0591 e. The zero-order chi connectivity index (χ0) is 11.8. The van der Waals surface area contributed by atoms with Gasteiger partial charge in [-0.15, -0.1) is 0 Å². The Labute approximate surface area is 104 Å². The monoisotopic (exact) mass is 234 g/mol. The van der Waals surface area contributed by atoms with Crippen molar-refractivity contribution < 1.29 is 4.74 Å². The van der Waals surface area contributed by atoms with Crippen LogP contribution in [0, 0.1) is 5.92 Å². The Kier molecular flexibility index (Phi) is 5.46. The van der Waals surface area contributed by atoms with Gasteiger partial charge in [0, 0.05) is 32.1 Å². The largest absolute Gasteiger partial charge is 0.380 e. The summed E-state index contributed by atoms with van der Waals surface area (Å²) in [5, 5.41) is 3.35. The van der Waals surface area contributed by atoms with E-state index < -0.39 is 0 Å². The fraction of sp³-hybridized carbons (Fsp3) is 0.643. The second-order valence-corrected chi connectivity index (χ2v) is 4.74. The minimum absolute atomic E-state index is 0.812. The van der Waals surface area contributed by atoms with Crippen molar-refractivity contribution in [1.82, 2.24) is 10.3 Å². The SMILES string of the molecule is c1cncc(CNCCOCCC2CCC2)c1. The molecule has 3 heteroatoms. The molecule has 1 aromatic heterocycles. The molecule has 0 aromatic carbocycles. The third-order valence-electron chi connectivity index (χ3n) is 3.37. The number of ether oxygens (including phenoxy) is 1. The van der Waals surface area contributed by atoms with Crippen molar-refractivity contribution >= 4 is 0 Å². The maximum Gasteiger partial charge on any atom is 0.0591 e. The normalized spacial score (nSPS) is 15.8. The van der Waals surface area contributed by atoms with E-state index in [0.717, 1.165) is 32.2 Å². The third kappa shape index (κ3) is 4.84. The molecule has 17 heavy (non-hydrogen) atoms. The Morgan fingerprint density at radius 3 is 3.00 bits per heavy atom. The van der Waals surface area contributed by atoms with Crippen LogP contribution in [0.1, 0.15) is 31.2 Å². The fourth-order valence-electron chi connectivity index (χ4n) is 2.01. The number of aromatic nitrogens is 1. The van der Waals surface area contributed by atoms with Gasteiger partial charge in [0.25, 0.3) is 0 Å². The van der Waals surface area contributed by atoms with E-state index in [0.29, 0.717) is 0 Å². The summed E-state index contributed by atoms with van der Waals surface area (Å²) in [4.78, 5) is 4.08. The molecule has 1 N–H and O–H groups in total. The molecule has 0 atom stereocenters. The number of hydrogen-bond donors (Lipinski definition) is 1. The van der Waals surface area contributed by atoms with Gasteiger partial charge in [-0.1, -0.05) is 25.3 Å². The van der Waals surface area contributed by atoms with Gasteiger partial charge in [-0.2, -0.15) is 0 Å². The van der Waals surface area contributed by atoms with Gasteiger partial charge in [0.1, 0.15) is 0 Å². The van der Waals surface area contributed by atoms with Crippen LogP contribution in [-0.2, 0) is 11.3 Å². The quantitative estimate of drug-likeness (QED) is 0.701. The van der Waals surface area contributed by atoms with E-state index in [1.165, 1.54) is 31.2 Å². The Morgan fingerprint density at radius 1 is 1.35 bits per heavy atom. The van der Waals surface area contributed by atoms with Crippen LogP contribution in [0.5, 0.6) is 0 Å². The number of pyridine rings is 1. The Morgan fingerprint density at radius 2 is 2.29 bits per heavy atom. The molecule has 1 aliphatic carbocycles. The maximum atomic E-state index is 5.60. The molecule has 1 aliphatic rings. The average Bonchev–Trinajstić information content (AvgIpc) is 2.31. The van der Waals surface area contributed by atoms with Crippen molar-refractivity contribution in [2.45, 2.75) is 32.2 Å². The number of nitrogens with zero attached hydrogens (tertiary/aromatic N) is 1. The van der Waals surface area contributed by atoms with Crippen LogP contribution < -0.4 is 5.32 Å². The molecule has 2 rings (SSSR count). The zero-order valence-electron chi connectivity index (χ0n) is 10.4. The van der Waals surface area contributed by atoms with Crippen molar-refractivity contribution in [2.75, 3.05) is 19.8 Å². The van der Waals surface area contributed by atoms with E-state index in [2.05, 4.69) is 16.4 Å². The molecule has 0 unspecified atom stereocenters. The molecule has 0 saturated heterocycles. The maximum absolute atomic E-state index is 5.60. The van der Waals surface area contributed by atoms with Crippen molar-refractivity contribution in [1.29, 1.82) is 0 Å². The molecule has 0 radical (unpaired) electrons. The fourth-order valence-corrected chi connectivity index (χ4v) is 2.01. The van der Waals surface area contributed by atoms with Gasteiger partial charge in [-0.3, -0.25) is 4.98 Å². The van der Waals surface area contributed by atoms with Crippen LogP contribution >= 0.6 is 0 Å². The van der Waals surface area contributed by atoms with Gasteiger partial charge in [0.15, 0.2) is 0 Å². The number of nitrogens with one attached hydrogen (secondary N) is 1. The van der Waals surface area contributed by atoms with Crippen LogP contribution in [0.2, 0.25) is 0 Å². The van der Waals surface area contributed by atoms with Gasteiger partial charge in [-0.05, 0) is 24.0 Å². The van der Waals surface area contributed by atoms with E-state index in [4.69, 9.17) is 4.74 Å². The van der Waals surface area contributed by atoms with Gasteiger partial charge in [0.2, 0.25) is 0 Å². The molecule has 1 fully saturated rings. The third-order valence-corrected chi connectivity index (χ3v) is 3.37. The van der Waals surface area contributed by atoms with Crippen molar-refractivity contribution in [3.8, 4) is 0 Å². The number of rotatable bonds is 8. The summed E-state index contributed by atoms with van der Waals surface area (Å²) < 4.78 is 5.60. The molecule has 0 amide bonds. The molecule has 1 heterocycles. The lowest BCUT2D eigenvalue weighted by Gasteiger charge is -2.24. The topological polar surface area (TPSA) is 34.2 Å². The second kappa shape index (κ2) is 7.41. The van der Waals surface area contributed by atoms with E-state index in [1.807, 2.05) is 12.3 Å². The van der Waals surface area contributed by atoms with Gasteiger partial charge >= 0.3 is 0 Å². The van der Waals surface area contributed by atoms with E-state index >= 15 is 0 Å². The summed E-state index contributed by atoms with van der Waals surface area (Å²) >= 11 is 0. The highest BCUT2D eigenvalue weighted by Crippen LogP contribution is 2.28. The predicted molar refractivity (Wildman–Crippen MR) is 68.7 cm³/mol. The first-order chi connectivity index (χ1) is 8.45. The molecular formula is C14H22N2O. The lowest BCUT2D eigenvalue weighted by atomic mass is 9.83. The van der Waals surface area contributed by atoms with Crippen LogP contribution in [0.25, 0.3) is 0 Å². The minimum Gasteiger partial charge on any atom is -0.380 e. The van der Waals surface area contributed by atoms with Crippen LogP contribution in [0.4, 0.5) is 0 Å². The van der Waals surface area contributed by atoms with E-state index in [1.54, 1.807) is 6.20 Å². The predicted octanol–water partition coefficient (Wildman–Crippen LogP) is 2.38. The average molecular weight is 234 g/mol. The van der Waals surface area contributed by atoms with Gasteiger partial charge in [-0.25, -0.2) is 0 Å². The standard InChI is InChI=1S/C14H22N2O/c1-3-13(4-1)6-9-17-10-8-16-12-14-5-2-7-15-11-14/h2,5,7,11,13,16H,1,3-4,6,8-10,12H2. The molecular weight excluding hydrogens is 212 g/mol. The zero-order valence-corrected chi connectivity index (χ0v) is 10.4. The molecule has 0 aliphatic heterocycles. The highest BCUT2D eigenvalue weighted by atomic mass is 16.5. The van der Waals surface area contributed by atoms with Crippen molar-refractivity contribution in [2.24, 2.45) is 5.92 Å². The second-order valence-electron chi connectivity index (χ2n) is 4.74. The first kappa shape index (κ1) is 12.5. The lowest BCUT2D eigenvalue weighted by molar-refractivity contribution is 0.108. The first-order valence-electron chi connectivity index (χ1n) is 6.62. The highest BCUT2D eigenvalue weighted by Gasteiger charge is 2.16. The molecule has 94 valence electrons. The van der Waals surface area contributed by atoms with Crippen LogP contribution in [-0.4, -0.2) is 24.7 Å². The molecule has 1 saturated carbocycles. The summed E-state index contributed by atoms with van der Waals surface area (Å²) in [6.07, 6.45) is 9.21.